The summed E-state index contributed by atoms with van der Waals surface area (Å²) in [5, 5.41) is 22.9. The first-order valence-electron chi connectivity index (χ1n) is 7.75. The Morgan fingerprint density at radius 2 is 2.42 bits per heavy atom. The lowest BCUT2D eigenvalue weighted by Gasteiger charge is -2.19. The second kappa shape index (κ2) is 5.77. The zero-order valence-electron chi connectivity index (χ0n) is 12.9. The Morgan fingerprint density at radius 1 is 1.50 bits per heavy atom. The van der Waals surface area contributed by atoms with Crippen LogP contribution in [0, 0.1) is 11.3 Å². The van der Waals surface area contributed by atoms with Crippen molar-refractivity contribution in [2.45, 2.75) is 18.9 Å². The zero-order chi connectivity index (χ0) is 16.5. The Labute approximate surface area is 137 Å². The average molecular weight is 321 g/mol. The maximum absolute atomic E-state index is 11.6. The summed E-state index contributed by atoms with van der Waals surface area (Å²) >= 11 is 0. The first-order valence-corrected chi connectivity index (χ1v) is 7.75. The first-order chi connectivity index (χ1) is 11.8. The summed E-state index contributed by atoms with van der Waals surface area (Å²) in [4.78, 5) is 21.2. The zero-order valence-corrected chi connectivity index (χ0v) is 12.9. The van der Waals surface area contributed by atoms with Crippen molar-refractivity contribution in [3.05, 3.63) is 24.7 Å². The molecule has 0 spiro atoms. The summed E-state index contributed by atoms with van der Waals surface area (Å²) in [5.41, 5.74) is 0.815. The molecule has 1 fully saturated rings. The normalized spacial score (nSPS) is 17.3. The van der Waals surface area contributed by atoms with Crippen molar-refractivity contribution in [2.75, 3.05) is 18.0 Å². The number of carbonyl (C=O) groups excluding carboxylic acids is 1. The van der Waals surface area contributed by atoms with Crippen LogP contribution in [0.5, 0.6) is 0 Å². The van der Waals surface area contributed by atoms with Crippen LogP contribution >= 0.6 is 0 Å². The van der Waals surface area contributed by atoms with E-state index in [-0.39, 0.29) is 18.4 Å². The smallest absolute Gasteiger partial charge is 0.234 e. The Bertz CT molecular complexity index is 958. The Morgan fingerprint density at radius 3 is 3.29 bits per heavy atom. The van der Waals surface area contributed by atoms with E-state index in [1.165, 1.54) is 0 Å². The van der Waals surface area contributed by atoms with Gasteiger partial charge in [0.1, 0.15) is 12.1 Å². The second-order valence-corrected chi connectivity index (χ2v) is 5.83. The molecule has 2 N–H and O–H groups in total. The number of amides is 1. The van der Waals surface area contributed by atoms with Crippen molar-refractivity contribution in [3.63, 3.8) is 0 Å². The molecule has 1 aliphatic heterocycles. The van der Waals surface area contributed by atoms with Crippen LogP contribution < -0.4 is 10.2 Å². The van der Waals surface area contributed by atoms with Gasteiger partial charge in [-0.3, -0.25) is 4.79 Å². The molecule has 1 atom stereocenters. The van der Waals surface area contributed by atoms with E-state index >= 15 is 0 Å². The van der Waals surface area contributed by atoms with Crippen molar-refractivity contribution in [3.8, 4) is 6.07 Å². The van der Waals surface area contributed by atoms with Gasteiger partial charge in [-0.1, -0.05) is 0 Å². The van der Waals surface area contributed by atoms with Gasteiger partial charge in [-0.05, 0) is 12.5 Å². The van der Waals surface area contributed by atoms with Crippen molar-refractivity contribution in [1.29, 1.82) is 5.26 Å². The molecule has 0 radical (unpaired) electrons. The SMILES string of the molecule is N#CCC(=O)NC1CCN(c2nncc3cnc4[nH]ccc4c23)C1. The molecule has 3 aromatic rings. The molecule has 4 heterocycles. The van der Waals surface area contributed by atoms with Gasteiger partial charge in [0, 0.05) is 47.7 Å². The molecule has 120 valence electrons. The lowest BCUT2D eigenvalue weighted by molar-refractivity contribution is -0.120. The number of rotatable bonds is 3. The van der Waals surface area contributed by atoms with E-state index < -0.39 is 0 Å². The average Bonchev–Trinajstić information content (AvgIpc) is 3.23. The van der Waals surface area contributed by atoms with Gasteiger partial charge in [-0.2, -0.15) is 10.4 Å². The number of hydrogen-bond acceptors (Lipinski definition) is 6. The van der Waals surface area contributed by atoms with E-state index in [1.54, 1.807) is 12.4 Å². The van der Waals surface area contributed by atoms with Gasteiger partial charge in [-0.25, -0.2) is 4.98 Å². The fourth-order valence-electron chi connectivity index (χ4n) is 3.21. The lowest BCUT2D eigenvalue weighted by Crippen LogP contribution is -2.37. The van der Waals surface area contributed by atoms with Crippen LogP contribution in [0.25, 0.3) is 21.8 Å². The van der Waals surface area contributed by atoms with E-state index in [0.29, 0.717) is 6.54 Å². The Kier molecular flexibility index (Phi) is 3.46. The van der Waals surface area contributed by atoms with Crippen LogP contribution in [0.4, 0.5) is 5.82 Å². The van der Waals surface area contributed by atoms with E-state index in [4.69, 9.17) is 5.26 Å². The molecule has 1 amide bonds. The monoisotopic (exact) mass is 321 g/mol. The highest BCUT2D eigenvalue weighted by molar-refractivity contribution is 6.10. The topological polar surface area (TPSA) is 111 Å². The summed E-state index contributed by atoms with van der Waals surface area (Å²) in [7, 11) is 0. The summed E-state index contributed by atoms with van der Waals surface area (Å²) < 4.78 is 0. The number of H-pyrrole nitrogens is 1. The quantitative estimate of drug-likeness (QED) is 0.748. The largest absolute Gasteiger partial charge is 0.352 e. The molecule has 4 rings (SSSR count). The third-order valence-electron chi connectivity index (χ3n) is 4.28. The number of hydrogen-bond donors (Lipinski definition) is 2. The Hall–Kier alpha value is -3.21. The minimum Gasteiger partial charge on any atom is -0.352 e. The first kappa shape index (κ1) is 14.4. The van der Waals surface area contributed by atoms with Crippen molar-refractivity contribution < 1.29 is 4.79 Å². The molecule has 0 bridgehead atoms. The van der Waals surface area contributed by atoms with Crippen LogP contribution in [-0.4, -0.2) is 45.2 Å². The molecule has 0 aromatic carbocycles. The van der Waals surface area contributed by atoms with Crippen molar-refractivity contribution >= 4 is 33.5 Å². The highest BCUT2D eigenvalue weighted by Crippen LogP contribution is 2.31. The second-order valence-electron chi connectivity index (χ2n) is 5.83. The summed E-state index contributed by atoms with van der Waals surface area (Å²) in [6.45, 7) is 1.43. The standard InChI is InChI=1S/C16H15N7O/c17-4-1-13(24)21-11-3-6-23(9-11)16-14-10(8-20-22-16)7-19-15-12(14)2-5-18-15/h2,5,7-8,11H,1,3,6,9H2,(H,18,19)(H,21,24). The van der Waals surface area contributed by atoms with Crippen LogP contribution in [-0.2, 0) is 4.79 Å². The van der Waals surface area contributed by atoms with E-state index in [2.05, 4.69) is 30.4 Å². The highest BCUT2D eigenvalue weighted by Gasteiger charge is 2.26. The fourth-order valence-corrected chi connectivity index (χ4v) is 3.21. The minimum absolute atomic E-state index is 0.0199. The molecule has 1 aliphatic rings. The third kappa shape index (κ3) is 2.40. The summed E-state index contributed by atoms with van der Waals surface area (Å²) in [5.74, 6) is 0.571. The molecule has 8 heteroatoms. The predicted molar refractivity (Wildman–Crippen MR) is 88.2 cm³/mol. The number of pyridine rings is 1. The van der Waals surface area contributed by atoms with Crippen LogP contribution in [0.15, 0.2) is 24.7 Å². The van der Waals surface area contributed by atoms with Gasteiger partial charge in [0.2, 0.25) is 5.91 Å². The van der Waals surface area contributed by atoms with E-state index in [0.717, 1.165) is 40.6 Å². The molecule has 0 saturated carbocycles. The molecular formula is C16H15N7O. The summed E-state index contributed by atoms with van der Waals surface area (Å²) in [6, 6.07) is 3.87. The van der Waals surface area contributed by atoms with E-state index in [1.807, 2.05) is 18.3 Å². The number of nitrogens with zero attached hydrogens (tertiary/aromatic N) is 5. The van der Waals surface area contributed by atoms with E-state index in [9.17, 15) is 4.79 Å². The molecule has 24 heavy (non-hydrogen) atoms. The van der Waals surface area contributed by atoms with Crippen LogP contribution in [0.2, 0.25) is 0 Å². The van der Waals surface area contributed by atoms with Gasteiger partial charge in [0.05, 0.1) is 12.3 Å². The molecule has 8 nitrogen and oxygen atoms in total. The van der Waals surface area contributed by atoms with Crippen LogP contribution in [0.3, 0.4) is 0 Å². The highest BCUT2D eigenvalue weighted by atomic mass is 16.1. The number of anilines is 1. The van der Waals surface area contributed by atoms with Gasteiger partial charge >= 0.3 is 0 Å². The maximum Gasteiger partial charge on any atom is 0.234 e. The number of aromatic nitrogens is 4. The van der Waals surface area contributed by atoms with Gasteiger partial charge < -0.3 is 15.2 Å². The van der Waals surface area contributed by atoms with Crippen molar-refractivity contribution in [1.82, 2.24) is 25.5 Å². The fraction of sp³-hybridized carbons (Fsp3) is 0.312. The van der Waals surface area contributed by atoms with Crippen molar-refractivity contribution in [2.24, 2.45) is 0 Å². The predicted octanol–water partition coefficient (Wildman–Crippen LogP) is 1.11. The molecule has 1 unspecified atom stereocenters. The lowest BCUT2D eigenvalue weighted by atomic mass is 10.1. The number of carbonyl (C=O) groups is 1. The number of fused-ring (bicyclic) bond motifs is 3. The number of nitriles is 1. The summed E-state index contributed by atoms with van der Waals surface area (Å²) in [6.07, 6.45) is 6.06. The molecular weight excluding hydrogens is 306 g/mol. The number of nitrogens with one attached hydrogen (secondary N) is 2. The maximum atomic E-state index is 11.6. The molecule has 0 aliphatic carbocycles. The third-order valence-corrected chi connectivity index (χ3v) is 4.28. The van der Waals surface area contributed by atoms with Gasteiger partial charge in [0.25, 0.3) is 0 Å². The minimum atomic E-state index is -0.231. The Balaban J connectivity index is 1.67. The molecule has 1 saturated heterocycles. The number of aromatic amines is 1. The van der Waals surface area contributed by atoms with Gasteiger partial charge in [0.15, 0.2) is 5.82 Å². The van der Waals surface area contributed by atoms with Gasteiger partial charge in [-0.15, -0.1) is 5.10 Å². The molecule has 3 aromatic heterocycles. The van der Waals surface area contributed by atoms with Crippen LogP contribution in [0.1, 0.15) is 12.8 Å².